The van der Waals surface area contributed by atoms with Crippen LogP contribution in [0.2, 0.25) is 0 Å². The molecule has 0 N–H and O–H groups in total. The van der Waals surface area contributed by atoms with E-state index >= 15 is 0 Å². The molecule has 0 spiro atoms. The number of rotatable bonds is 5. The van der Waals surface area contributed by atoms with Gasteiger partial charge < -0.3 is 13.9 Å². The van der Waals surface area contributed by atoms with Gasteiger partial charge in [0, 0.05) is 11.1 Å². The predicted octanol–water partition coefficient (Wildman–Crippen LogP) is 0.272. The fourth-order valence-electron chi connectivity index (χ4n) is 3.67. The zero-order chi connectivity index (χ0) is 25.6. The fraction of sp³-hybridized carbons (Fsp3) is 0.192. The fourth-order valence-corrected chi connectivity index (χ4v) is 3.67. The summed E-state index contributed by atoms with van der Waals surface area (Å²) in [4.78, 5) is 0. The van der Waals surface area contributed by atoms with Crippen molar-refractivity contribution in [3.05, 3.63) is 89.3 Å². The smallest absolute Gasteiger partial charge is 0.214 e. The highest BCUT2D eigenvalue weighted by atomic mass is 35.7. The highest BCUT2D eigenvalue weighted by Crippen LogP contribution is 2.32. The van der Waals surface area contributed by atoms with Crippen LogP contribution in [0.3, 0.4) is 0 Å². The first-order valence-electron chi connectivity index (χ1n) is 10.6. The van der Waals surface area contributed by atoms with Gasteiger partial charge in [-0.05, 0) is 37.3 Å². The topological polar surface area (TPSA) is 127 Å². The minimum atomic E-state index is -4.94. The van der Waals surface area contributed by atoms with E-state index in [4.69, 9.17) is 32.5 Å². The van der Waals surface area contributed by atoms with E-state index < -0.39 is 10.2 Å². The lowest BCUT2D eigenvalue weighted by molar-refractivity contribution is -2.00. The summed E-state index contributed by atoms with van der Waals surface area (Å²) in [6.45, 7) is 2.90. The summed E-state index contributed by atoms with van der Waals surface area (Å²) in [5.41, 5.74) is 4.24. The van der Waals surface area contributed by atoms with Gasteiger partial charge in [0.2, 0.25) is 5.36 Å². The van der Waals surface area contributed by atoms with E-state index in [-0.39, 0.29) is 0 Å². The molecule has 0 aliphatic heterocycles. The average Bonchev–Trinajstić information content (AvgIpc) is 2.82. The molecular formula is C26H26ClNO7. The van der Waals surface area contributed by atoms with Crippen LogP contribution in [0.5, 0.6) is 11.5 Å². The largest absolute Gasteiger partial charge is 0.493 e. The third kappa shape index (κ3) is 7.29. The van der Waals surface area contributed by atoms with Crippen molar-refractivity contribution in [1.29, 1.82) is 0 Å². The maximum atomic E-state index is 8.49. The lowest BCUT2D eigenvalue weighted by Crippen LogP contribution is -2.68. The highest BCUT2D eigenvalue weighted by molar-refractivity contribution is 5.79. The Kier molecular flexibility index (Phi) is 8.50. The Morgan fingerprint density at radius 3 is 2.11 bits per heavy atom. The Morgan fingerprint density at radius 2 is 1.49 bits per heavy atom. The molecule has 8 nitrogen and oxygen atoms in total. The molecule has 35 heavy (non-hydrogen) atoms. The Balaban J connectivity index is 0.000000623. The summed E-state index contributed by atoms with van der Waals surface area (Å²) in [6, 6.07) is 24.7. The van der Waals surface area contributed by atoms with Crippen LogP contribution in [0.4, 0.5) is 0 Å². The first-order valence-corrected chi connectivity index (χ1v) is 11.8. The average molecular weight is 500 g/mol. The van der Waals surface area contributed by atoms with E-state index in [0.717, 1.165) is 34.2 Å². The minimum absolute atomic E-state index is 0.674. The van der Waals surface area contributed by atoms with E-state index in [1.54, 1.807) is 14.2 Å². The van der Waals surface area contributed by atoms with Crippen molar-refractivity contribution >= 4 is 11.0 Å². The number of fused-ring (bicyclic) bond motifs is 1. The summed E-state index contributed by atoms with van der Waals surface area (Å²) in [6.07, 6.45) is 0. The van der Waals surface area contributed by atoms with Crippen molar-refractivity contribution in [2.45, 2.75) is 13.5 Å². The predicted molar refractivity (Wildman–Crippen MR) is 121 cm³/mol. The molecule has 0 radical (unpaired) electrons. The summed E-state index contributed by atoms with van der Waals surface area (Å²) in [5, 5.41) is 2.21. The van der Waals surface area contributed by atoms with Crippen molar-refractivity contribution in [3.8, 4) is 22.8 Å². The number of hydrogen-bond acceptors (Lipinski definition) is 7. The first-order chi connectivity index (χ1) is 16.6. The molecule has 0 unspecified atom stereocenters. The summed E-state index contributed by atoms with van der Waals surface area (Å²) in [5.74, 6) is 2.15. The zero-order valence-electron chi connectivity index (χ0n) is 19.8. The van der Waals surface area contributed by atoms with Crippen LogP contribution in [0.1, 0.15) is 11.1 Å². The van der Waals surface area contributed by atoms with E-state index in [9.17, 15) is 0 Å². The van der Waals surface area contributed by atoms with Gasteiger partial charge in [-0.15, -0.1) is 10.2 Å². The second kappa shape index (κ2) is 11.4. The highest BCUT2D eigenvalue weighted by Gasteiger charge is 2.14. The molecule has 0 fully saturated rings. The molecule has 0 bridgehead atoms. The van der Waals surface area contributed by atoms with Gasteiger partial charge in [-0.2, -0.15) is 0 Å². The van der Waals surface area contributed by atoms with Gasteiger partial charge in [0.05, 0.1) is 25.7 Å². The molecule has 0 amide bonds. The molecule has 3 aromatic carbocycles. The minimum Gasteiger partial charge on any atom is -0.493 e. The van der Waals surface area contributed by atoms with Gasteiger partial charge in [-0.25, -0.2) is 23.2 Å². The van der Waals surface area contributed by atoms with Gasteiger partial charge in [-0.3, -0.25) is 0 Å². The van der Waals surface area contributed by atoms with Crippen molar-refractivity contribution < 1.29 is 42.8 Å². The number of nitrogens with zero attached hydrogens (tertiary/aromatic N) is 1. The van der Waals surface area contributed by atoms with Gasteiger partial charge in [0.15, 0.2) is 18.0 Å². The van der Waals surface area contributed by atoms with Crippen molar-refractivity contribution in [1.82, 2.24) is 4.58 Å². The lowest BCUT2D eigenvalue weighted by Gasteiger charge is -2.17. The second-order valence-corrected chi connectivity index (χ2v) is 8.54. The van der Waals surface area contributed by atoms with Crippen molar-refractivity contribution in [2.24, 2.45) is 0 Å². The summed E-state index contributed by atoms with van der Waals surface area (Å²) >= 11 is 0. The van der Waals surface area contributed by atoms with Crippen LogP contribution in [-0.4, -0.2) is 21.3 Å². The van der Waals surface area contributed by atoms with Crippen LogP contribution >= 0.6 is 0 Å². The maximum absolute atomic E-state index is 8.49. The Labute approximate surface area is 205 Å². The molecule has 1 aromatic heterocycles. The molecule has 0 aliphatic carbocycles. The van der Waals surface area contributed by atoms with E-state index in [1.165, 1.54) is 11.1 Å². The summed E-state index contributed by atoms with van der Waals surface area (Å²) < 4.78 is 53.4. The monoisotopic (exact) mass is 499 g/mol. The molecule has 4 rings (SSSR count). The maximum Gasteiger partial charge on any atom is 0.214 e. The standard InChI is InChI=1S/C26H26NO3.ClHO4/c1-18-10-12-23-21(14-18)22(27(2)17-19-8-6-5-7-9-19)16-25(30-23)20-11-13-24(28-3)26(15-20)29-4;2-1(3,4)5/h5-16H,17H2,1-4H3;(H,2,3,4,5)/q+1;/p-1. The molecule has 0 atom stereocenters. The number of methoxy groups -OCH3 is 2. The number of aryl methyl sites for hydroxylation is 1. The van der Waals surface area contributed by atoms with Gasteiger partial charge in [0.25, 0.3) is 0 Å². The quantitative estimate of drug-likeness (QED) is 0.361. The summed E-state index contributed by atoms with van der Waals surface area (Å²) in [7, 11) is 0.445. The molecule has 184 valence electrons. The second-order valence-electron chi connectivity index (χ2n) is 7.78. The van der Waals surface area contributed by atoms with Crippen molar-refractivity contribution in [2.75, 3.05) is 21.3 Å². The van der Waals surface area contributed by atoms with Crippen LogP contribution in [-0.2, 0) is 6.54 Å². The molecular weight excluding hydrogens is 474 g/mol. The Morgan fingerprint density at radius 1 is 0.829 bits per heavy atom. The van der Waals surface area contributed by atoms with Gasteiger partial charge >= 0.3 is 0 Å². The third-order valence-electron chi connectivity index (χ3n) is 5.24. The molecule has 0 saturated heterocycles. The number of hydrogen-bond donors (Lipinski definition) is 0. The molecule has 0 saturated carbocycles. The first kappa shape index (κ1) is 26.2. The van der Waals surface area contributed by atoms with Crippen LogP contribution in [0.25, 0.3) is 22.3 Å². The Bertz CT molecular complexity index is 1360. The number of halogens is 1. The SMILES string of the molecule is COc1ccc(-c2cc(=[N+](C)Cc3ccccc3)c3cc(C)ccc3o2)cc1OC.[O-][Cl+3]([O-])([O-])[O-]. The normalized spacial score (nSPS) is 12.0. The number of benzene rings is 3. The van der Waals surface area contributed by atoms with E-state index in [2.05, 4.69) is 61.0 Å². The third-order valence-corrected chi connectivity index (χ3v) is 5.24. The van der Waals surface area contributed by atoms with Gasteiger partial charge in [0.1, 0.15) is 18.4 Å². The molecule has 9 heteroatoms. The molecule has 4 aromatic rings. The van der Waals surface area contributed by atoms with Crippen LogP contribution in [0, 0.1) is 17.2 Å². The Hall–Kier alpha value is -3.40. The van der Waals surface area contributed by atoms with Crippen LogP contribution < -0.4 is 38.0 Å². The lowest BCUT2D eigenvalue weighted by atomic mass is 10.1. The molecule has 1 heterocycles. The number of ether oxygens (including phenoxy) is 2. The molecule has 0 aliphatic rings. The van der Waals surface area contributed by atoms with Gasteiger partial charge in [-0.1, -0.05) is 42.0 Å². The van der Waals surface area contributed by atoms with E-state index in [1.807, 2.05) is 30.3 Å². The van der Waals surface area contributed by atoms with E-state index in [0.29, 0.717) is 11.5 Å². The zero-order valence-corrected chi connectivity index (χ0v) is 20.6. The van der Waals surface area contributed by atoms with Crippen LogP contribution in [0.15, 0.2) is 77.2 Å². The van der Waals surface area contributed by atoms with Crippen molar-refractivity contribution in [3.63, 3.8) is 0 Å².